The summed E-state index contributed by atoms with van der Waals surface area (Å²) in [5.41, 5.74) is 0.751. The third kappa shape index (κ3) is 4.25. The zero-order valence-electron chi connectivity index (χ0n) is 15.6. The third-order valence-electron chi connectivity index (χ3n) is 4.38. The number of nitro benzene ring substituents is 1. The number of hydrogen-bond acceptors (Lipinski definition) is 6. The molecule has 1 aromatic heterocycles. The first-order valence-corrected chi connectivity index (χ1v) is 8.76. The molecule has 0 saturated carbocycles. The standard InChI is InChI=1S/C19H20N4O5/c1-21(2)19(25)16-7-6-15(11-20-16)28-17-8-5-14(23(26)27)10-13(17)12-22-9-3-4-18(22)24/h5-8,10-11H,3-4,9,12H2,1-2H3. The van der Waals surface area contributed by atoms with E-state index < -0.39 is 4.92 Å². The zero-order chi connectivity index (χ0) is 20.3. The Kier molecular flexibility index (Phi) is 5.53. The van der Waals surface area contributed by atoms with Crippen LogP contribution in [-0.2, 0) is 11.3 Å². The number of amides is 2. The fourth-order valence-electron chi connectivity index (χ4n) is 2.90. The lowest BCUT2D eigenvalue weighted by atomic mass is 10.1. The van der Waals surface area contributed by atoms with Gasteiger partial charge in [0.1, 0.15) is 17.2 Å². The van der Waals surface area contributed by atoms with Crippen molar-refractivity contribution in [2.45, 2.75) is 19.4 Å². The molecule has 0 aliphatic carbocycles. The topological polar surface area (TPSA) is 106 Å². The van der Waals surface area contributed by atoms with E-state index in [9.17, 15) is 19.7 Å². The van der Waals surface area contributed by atoms with Crippen molar-refractivity contribution in [2.75, 3.05) is 20.6 Å². The summed E-state index contributed by atoms with van der Waals surface area (Å²) in [5.74, 6) is 0.581. The molecule has 0 atom stereocenters. The number of ether oxygens (including phenoxy) is 1. The van der Waals surface area contributed by atoms with Crippen molar-refractivity contribution < 1.29 is 19.2 Å². The predicted molar refractivity (Wildman–Crippen MR) is 100 cm³/mol. The van der Waals surface area contributed by atoms with Crippen molar-refractivity contribution in [3.05, 3.63) is 57.9 Å². The van der Waals surface area contributed by atoms with E-state index in [0.717, 1.165) is 6.42 Å². The summed E-state index contributed by atoms with van der Waals surface area (Å²) in [4.78, 5) is 41.7. The molecule has 1 aliphatic heterocycles. The molecule has 3 rings (SSSR count). The Morgan fingerprint density at radius 3 is 2.68 bits per heavy atom. The maximum atomic E-state index is 11.9. The van der Waals surface area contributed by atoms with Crippen LogP contribution in [0.25, 0.3) is 0 Å². The van der Waals surface area contributed by atoms with Gasteiger partial charge in [-0.2, -0.15) is 0 Å². The van der Waals surface area contributed by atoms with E-state index in [1.807, 2.05) is 0 Å². The van der Waals surface area contributed by atoms with Crippen LogP contribution in [0.15, 0.2) is 36.5 Å². The lowest BCUT2D eigenvalue weighted by molar-refractivity contribution is -0.384. The number of likely N-dealkylation sites (tertiary alicyclic amines) is 1. The molecule has 1 aliphatic rings. The van der Waals surface area contributed by atoms with Gasteiger partial charge in [-0.25, -0.2) is 4.98 Å². The maximum Gasteiger partial charge on any atom is 0.271 e. The van der Waals surface area contributed by atoms with Crippen molar-refractivity contribution in [2.24, 2.45) is 0 Å². The highest BCUT2D eigenvalue weighted by Gasteiger charge is 2.23. The van der Waals surface area contributed by atoms with E-state index in [1.54, 1.807) is 31.1 Å². The maximum absolute atomic E-state index is 11.9. The van der Waals surface area contributed by atoms with Gasteiger partial charge < -0.3 is 14.5 Å². The Morgan fingerprint density at radius 2 is 2.11 bits per heavy atom. The molecule has 1 fully saturated rings. The Balaban J connectivity index is 1.85. The van der Waals surface area contributed by atoms with Crippen molar-refractivity contribution >= 4 is 17.5 Å². The number of rotatable bonds is 6. The van der Waals surface area contributed by atoms with Gasteiger partial charge in [0.2, 0.25) is 5.91 Å². The highest BCUT2D eigenvalue weighted by atomic mass is 16.6. The molecule has 146 valence electrons. The zero-order valence-corrected chi connectivity index (χ0v) is 15.6. The van der Waals surface area contributed by atoms with Crippen LogP contribution < -0.4 is 4.74 Å². The molecule has 0 unspecified atom stereocenters. The van der Waals surface area contributed by atoms with Crippen LogP contribution in [0.3, 0.4) is 0 Å². The molecule has 1 saturated heterocycles. The number of pyridine rings is 1. The van der Waals surface area contributed by atoms with Crippen LogP contribution in [0, 0.1) is 10.1 Å². The molecular formula is C19H20N4O5. The molecule has 9 heteroatoms. The minimum absolute atomic E-state index is 0.0191. The number of non-ortho nitro benzene ring substituents is 1. The Morgan fingerprint density at radius 1 is 1.32 bits per heavy atom. The average molecular weight is 384 g/mol. The molecule has 2 amide bonds. The summed E-state index contributed by atoms with van der Waals surface area (Å²) >= 11 is 0. The minimum atomic E-state index is -0.484. The van der Waals surface area contributed by atoms with Gasteiger partial charge in [0.05, 0.1) is 11.1 Å². The molecule has 0 bridgehead atoms. The van der Waals surface area contributed by atoms with E-state index in [2.05, 4.69) is 4.98 Å². The molecule has 2 aromatic rings. The van der Waals surface area contributed by atoms with Gasteiger partial charge in [-0.1, -0.05) is 0 Å². The summed E-state index contributed by atoms with van der Waals surface area (Å²) in [7, 11) is 3.27. The first-order chi connectivity index (χ1) is 13.3. The monoisotopic (exact) mass is 384 g/mol. The van der Waals surface area contributed by atoms with Crippen LogP contribution >= 0.6 is 0 Å². The second-order valence-corrected chi connectivity index (χ2v) is 6.65. The van der Waals surface area contributed by atoms with Gasteiger partial charge in [-0.05, 0) is 24.6 Å². The number of nitro groups is 1. The molecule has 2 heterocycles. The minimum Gasteiger partial charge on any atom is -0.455 e. The fourth-order valence-corrected chi connectivity index (χ4v) is 2.90. The number of hydrogen-bond donors (Lipinski definition) is 0. The Labute approximate surface area is 161 Å². The molecule has 0 N–H and O–H groups in total. The molecule has 28 heavy (non-hydrogen) atoms. The molecule has 1 aromatic carbocycles. The molecular weight excluding hydrogens is 364 g/mol. The number of aromatic nitrogens is 1. The van der Waals surface area contributed by atoms with Crippen LogP contribution in [0.5, 0.6) is 11.5 Å². The second kappa shape index (κ2) is 8.03. The highest BCUT2D eigenvalue weighted by molar-refractivity contribution is 5.91. The number of carbonyl (C=O) groups excluding carboxylic acids is 2. The van der Waals surface area contributed by atoms with Crippen molar-refractivity contribution in [1.29, 1.82) is 0 Å². The smallest absolute Gasteiger partial charge is 0.271 e. The van der Waals surface area contributed by atoms with Crippen LogP contribution in [0.2, 0.25) is 0 Å². The second-order valence-electron chi connectivity index (χ2n) is 6.65. The van der Waals surface area contributed by atoms with Gasteiger partial charge in [0.15, 0.2) is 0 Å². The number of nitrogens with zero attached hydrogens (tertiary/aromatic N) is 4. The van der Waals surface area contributed by atoms with E-state index in [0.29, 0.717) is 30.0 Å². The summed E-state index contributed by atoms with van der Waals surface area (Å²) in [6, 6.07) is 7.43. The van der Waals surface area contributed by atoms with Gasteiger partial charge in [-0.3, -0.25) is 19.7 Å². The predicted octanol–water partition coefficient (Wildman–Crippen LogP) is 2.61. The average Bonchev–Trinajstić information content (AvgIpc) is 3.07. The Bertz CT molecular complexity index is 911. The van der Waals surface area contributed by atoms with E-state index in [1.165, 1.54) is 29.3 Å². The van der Waals surface area contributed by atoms with E-state index in [4.69, 9.17) is 4.74 Å². The van der Waals surface area contributed by atoms with Crippen molar-refractivity contribution in [3.8, 4) is 11.5 Å². The van der Waals surface area contributed by atoms with Gasteiger partial charge in [-0.15, -0.1) is 0 Å². The SMILES string of the molecule is CN(C)C(=O)c1ccc(Oc2ccc([N+](=O)[O-])cc2CN2CCCC2=O)cn1. The molecule has 9 nitrogen and oxygen atoms in total. The van der Waals surface area contributed by atoms with Crippen LogP contribution in [0.4, 0.5) is 5.69 Å². The lowest BCUT2D eigenvalue weighted by Gasteiger charge is -2.18. The lowest BCUT2D eigenvalue weighted by Crippen LogP contribution is -2.24. The highest BCUT2D eigenvalue weighted by Crippen LogP contribution is 2.30. The van der Waals surface area contributed by atoms with Crippen molar-refractivity contribution in [3.63, 3.8) is 0 Å². The quantitative estimate of drug-likeness (QED) is 0.560. The normalized spacial score (nSPS) is 13.5. The van der Waals surface area contributed by atoms with Gasteiger partial charge in [0.25, 0.3) is 11.6 Å². The van der Waals surface area contributed by atoms with E-state index >= 15 is 0 Å². The first kappa shape index (κ1) is 19.3. The van der Waals surface area contributed by atoms with Crippen molar-refractivity contribution in [1.82, 2.24) is 14.8 Å². The summed E-state index contributed by atoms with van der Waals surface area (Å²) in [5, 5.41) is 11.1. The van der Waals surface area contributed by atoms with Gasteiger partial charge in [0, 0.05) is 51.3 Å². The first-order valence-electron chi connectivity index (χ1n) is 8.76. The fraction of sp³-hybridized carbons (Fsp3) is 0.316. The largest absolute Gasteiger partial charge is 0.455 e. The summed E-state index contributed by atoms with van der Waals surface area (Å²) in [6.07, 6.45) is 2.68. The Hall–Kier alpha value is -3.49. The summed E-state index contributed by atoms with van der Waals surface area (Å²) < 4.78 is 5.84. The molecule has 0 spiro atoms. The third-order valence-corrected chi connectivity index (χ3v) is 4.38. The number of benzene rings is 1. The van der Waals surface area contributed by atoms with Crippen LogP contribution in [0.1, 0.15) is 28.9 Å². The van der Waals surface area contributed by atoms with E-state index in [-0.39, 0.29) is 29.7 Å². The van der Waals surface area contributed by atoms with Crippen LogP contribution in [-0.4, -0.2) is 52.2 Å². The molecule has 0 radical (unpaired) electrons. The number of carbonyl (C=O) groups is 2. The summed E-state index contributed by atoms with van der Waals surface area (Å²) in [6.45, 7) is 0.852. The van der Waals surface area contributed by atoms with Gasteiger partial charge >= 0.3 is 0 Å².